The molecular weight excluding hydrogens is 400 g/mol. The SMILES string of the molecule is CC(C)C1CN(C2CCN(c3ccc(-n4cnc(Nc5cnc(C#N)cn5)c4)cc3)C2)C1. The molecule has 5 rings (SSSR count). The minimum absolute atomic E-state index is 0.287. The van der Waals surface area contributed by atoms with Crippen LogP contribution in [0.3, 0.4) is 0 Å². The highest BCUT2D eigenvalue weighted by molar-refractivity contribution is 5.54. The quantitative estimate of drug-likeness (QED) is 0.644. The second kappa shape index (κ2) is 8.60. The fraction of sp³-hybridized carbons (Fsp3) is 0.417. The summed E-state index contributed by atoms with van der Waals surface area (Å²) in [5.41, 5.74) is 2.62. The fourth-order valence-electron chi connectivity index (χ4n) is 4.49. The number of imidazole rings is 1. The minimum Gasteiger partial charge on any atom is -0.370 e. The van der Waals surface area contributed by atoms with Gasteiger partial charge in [-0.2, -0.15) is 5.26 Å². The van der Waals surface area contributed by atoms with E-state index in [0.29, 0.717) is 17.7 Å². The van der Waals surface area contributed by atoms with Crippen molar-refractivity contribution in [3.05, 3.63) is 54.9 Å². The van der Waals surface area contributed by atoms with Crippen LogP contribution < -0.4 is 10.2 Å². The lowest BCUT2D eigenvalue weighted by atomic mass is 9.87. The van der Waals surface area contributed by atoms with Gasteiger partial charge >= 0.3 is 0 Å². The molecule has 0 amide bonds. The van der Waals surface area contributed by atoms with Crippen molar-refractivity contribution in [1.82, 2.24) is 24.4 Å². The predicted octanol–water partition coefficient (Wildman–Crippen LogP) is 3.44. The zero-order valence-corrected chi connectivity index (χ0v) is 18.5. The number of aromatic nitrogens is 4. The molecule has 0 radical (unpaired) electrons. The molecule has 1 atom stereocenters. The van der Waals surface area contributed by atoms with Crippen molar-refractivity contribution >= 4 is 17.3 Å². The second-order valence-electron chi connectivity index (χ2n) is 9.05. The van der Waals surface area contributed by atoms with Crippen molar-refractivity contribution in [3.8, 4) is 11.8 Å². The van der Waals surface area contributed by atoms with Crippen LogP contribution in [0.5, 0.6) is 0 Å². The molecule has 1 aromatic carbocycles. The van der Waals surface area contributed by atoms with Gasteiger partial charge in [-0.05, 0) is 42.5 Å². The van der Waals surface area contributed by atoms with Gasteiger partial charge in [0.25, 0.3) is 0 Å². The summed E-state index contributed by atoms with van der Waals surface area (Å²) in [6.45, 7) is 9.45. The van der Waals surface area contributed by atoms with Gasteiger partial charge in [-0.3, -0.25) is 4.90 Å². The van der Waals surface area contributed by atoms with Crippen LogP contribution >= 0.6 is 0 Å². The summed E-state index contributed by atoms with van der Waals surface area (Å²) in [5.74, 6) is 2.90. The Morgan fingerprint density at radius 1 is 1.00 bits per heavy atom. The third kappa shape index (κ3) is 4.16. The van der Waals surface area contributed by atoms with E-state index in [2.05, 4.69) is 68.2 Å². The number of hydrogen-bond donors (Lipinski definition) is 1. The molecule has 0 aliphatic carbocycles. The first-order chi connectivity index (χ1) is 15.6. The van der Waals surface area contributed by atoms with Crippen LogP contribution in [0.4, 0.5) is 17.3 Å². The lowest BCUT2D eigenvalue weighted by Gasteiger charge is -2.45. The second-order valence-corrected chi connectivity index (χ2v) is 9.05. The number of hydrogen-bond acceptors (Lipinski definition) is 7. The molecule has 1 N–H and O–H groups in total. The summed E-state index contributed by atoms with van der Waals surface area (Å²) in [5, 5.41) is 11.9. The van der Waals surface area contributed by atoms with Crippen molar-refractivity contribution in [3.63, 3.8) is 0 Å². The first kappa shape index (κ1) is 20.5. The first-order valence-corrected chi connectivity index (χ1v) is 11.2. The topological polar surface area (TPSA) is 85.9 Å². The van der Waals surface area contributed by atoms with Gasteiger partial charge in [0, 0.05) is 43.6 Å². The van der Waals surface area contributed by atoms with Crippen molar-refractivity contribution in [2.75, 3.05) is 36.4 Å². The lowest BCUT2D eigenvalue weighted by molar-refractivity contribution is 0.0354. The van der Waals surface area contributed by atoms with Gasteiger partial charge in [-0.1, -0.05) is 13.8 Å². The number of likely N-dealkylation sites (tertiary alicyclic amines) is 1. The molecule has 2 aliphatic heterocycles. The van der Waals surface area contributed by atoms with E-state index in [1.54, 1.807) is 6.33 Å². The maximum Gasteiger partial charge on any atom is 0.158 e. The van der Waals surface area contributed by atoms with Gasteiger partial charge in [0.15, 0.2) is 5.69 Å². The third-order valence-corrected chi connectivity index (χ3v) is 6.68. The first-order valence-electron chi connectivity index (χ1n) is 11.2. The van der Waals surface area contributed by atoms with Crippen LogP contribution in [0.15, 0.2) is 49.2 Å². The Morgan fingerprint density at radius 2 is 1.78 bits per heavy atom. The molecule has 2 aliphatic rings. The van der Waals surface area contributed by atoms with E-state index in [-0.39, 0.29) is 5.69 Å². The highest BCUT2D eigenvalue weighted by Crippen LogP contribution is 2.31. The Labute approximate surface area is 188 Å². The number of nitriles is 1. The fourth-order valence-corrected chi connectivity index (χ4v) is 4.49. The van der Waals surface area contributed by atoms with Crippen LogP contribution in [-0.2, 0) is 0 Å². The molecule has 0 saturated carbocycles. The van der Waals surface area contributed by atoms with Crippen molar-refractivity contribution < 1.29 is 0 Å². The van der Waals surface area contributed by atoms with Crippen LogP contribution in [-0.4, -0.2) is 56.6 Å². The number of benzene rings is 1. The zero-order chi connectivity index (χ0) is 22.1. The number of nitrogens with one attached hydrogen (secondary N) is 1. The van der Waals surface area contributed by atoms with Gasteiger partial charge in [0.2, 0.25) is 0 Å². The molecule has 1 unspecified atom stereocenters. The van der Waals surface area contributed by atoms with E-state index in [4.69, 9.17) is 5.26 Å². The molecular formula is C24H28N8. The predicted molar refractivity (Wildman–Crippen MR) is 124 cm³/mol. The summed E-state index contributed by atoms with van der Waals surface area (Å²) < 4.78 is 1.97. The lowest BCUT2D eigenvalue weighted by Crippen LogP contribution is -2.54. The van der Waals surface area contributed by atoms with Gasteiger partial charge in [-0.15, -0.1) is 0 Å². The molecule has 4 heterocycles. The van der Waals surface area contributed by atoms with Crippen LogP contribution in [0, 0.1) is 23.2 Å². The normalized spacial score (nSPS) is 19.2. The van der Waals surface area contributed by atoms with Crippen molar-refractivity contribution in [1.29, 1.82) is 5.26 Å². The Kier molecular flexibility index (Phi) is 5.50. The highest BCUT2D eigenvalue weighted by atomic mass is 15.3. The Hall–Kier alpha value is -3.44. The largest absolute Gasteiger partial charge is 0.370 e. The zero-order valence-electron chi connectivity index (χ0n) is 18.5. The molecule has 3 aromatic rings. The van der Waals surface area contributed by atoms with E-state index in [0.717, 1.165) is 30.6 Å². The third-order valence-electron chi connectivity index (χ3n) is 6.68. The summed E-state index contributed by atoms with van der Waals surface area (Å²) in [4.78, 5) is 17.7. The van der Waals surface area contributed by atoms with Crippen LogP contribution in [0.1, 0.15) is 26.0 Å². The Morgan fingerprint density at radius 3 is 2.47 bits per heavy atom. The van der Waals surface area contributed by atoms with E-state index in [1.165, 1.54) is 37.6 Å². The molecule has 0 spiro atoms. The van der Waals surface area contributed by atoms with Gasteiger partial charge in [-0.25, -0.2) is 15.0 Å². The summed E-state index contributed by atoms with van der Waals surface area (Å²) in [7, 11) is 0. The van der Waals surface area contributed by atoms with E-state index >= 15 is 0 Å². The molecule has 2 fully saturated rings. The van der Waals surface area contributed by atoms with Crippen LogP contribution in [0.25, 0.3) is 5.69 Å². The summed E-state index contributed by atoms with van der Waals surface area (Å²) >= 11 is 0. The smallest absolute Gasteiger partial charge is 0.158 e. The average Bonchev–Trinajstić information content (AvgIpc) is 3.43. The van der Waals surface area contributed by atoms with Gasteiger partial charge < -0.3 is 14.8 Å². The van der Waals surface area contributed by atoms with Gasteiger partial charge in [0.05, 0.1) is 18.6 Å². The van der Waals surface area contributed by atoms with E-state index in [1.807, 2.05) is 16.8 Å². The monoisotopic (exact) mass is 428 g/mol. The standard InChI is InChI=1S/C24H28N8/c1-17(2)18-12-31(13-18)22-7-8-30(14-22)20-3-5-21(6-4-20)32-15-24(28-16-32)29-23-11-26-19(9-25)10-27-23/h3-6,10-11,15-18,22H,7-8,12-14H2,1-2H3,(H,27,29). The maximum absolute atomic E-state index is 8.82. The van der Waals surface area contributed by atoms with Crippen LogP contribution in [0.2, 0.25) is 0 Å². The number of nitrogens with zero attached hydrogens (tertiary/aromatic N) is 7. The summed E-state index contributed by atoms with van der Waals surface area (Å²) in [6.07, 6.45) is 7.90. The Bertz CT molecular complexity index is 1090. The molecule has 0 bridgehead atoms. The van der Waals surface area contributed by atoms with Crippen molar-refractivity contribution in [2.45, 2.75) is 26.3 Å². The average molecular weight is 429 g/mol. The van der Waals surface area contributed by atoms with E-state index in [9.17, 15) is 0 Å². The van der Waals surface area contributed by atoms with E-state index < -0.39 is 0 Å². The maximum atomic E-state index is 8.82. The number of anilines is 3. The van der Waals surface area contributed by atoms with Gasteiger partial charge in [0.1, 0.15) is 24.0 Å². The number of rotatable bonds is 6. The minimum atomic E-state index is 0.287. The van der Waals surface area contributed by atoms with Crippen molar-refractivity contribution in [2.24, 2.45) is 11.8 Å². The molecule has 2 aromatic heterocycles. The molecule has 164 valence electrons. The molecule has 8 heteroatoms. The Balaban J connectivity index is 1.19. The summed E-state index contributed by atoms with van der Waals surface area (Å²) in [6, 6.07) is 11.3. The highest BCUT2D eigenvalue weighted by Gasteiger charge is 2.37. The molecule has 32 heavy (non-hydrogen) atoms. The molecule has 8 nitrogen and oxygen atoms in total. The molecule has 2 saturated heterocycles.